The van der Waals surface area contributed by atoms with Crippen molar-refractivity contribution in [3.05, 3.63) is 64.5 Å². The Morgan fingerprint density at radius 2 is 1.96 bits per heavy atom. The fourth-order valence-corrected chi connectivity index (χ4v) is 4.31. The molecule has 0 amide bonds. The summed E-state index contributed by atoms with van der Waals surface area (Å²) in [5.41, 5.74) is 6.40. The Morgan fingerprint density at radius 1 is 1.21 bits per heavy atom. The van der Waals surface area contributed by atoms with Crippen molar-refractivity contribution in [2.75, 3.05) is 5.73 Å². The average molecular weight is 362 g/mol. The number of rotatable bonds is 4. The summed E-state index contributed by atoms with van der Waals surface area (Å²) in [6.45, 7) is 1.70. The zero-order valence-electron chi connectivity index (χ0n) is 12.7. The van der Waals surface area contributed by atoms with E-state index in [4.69, 9.17) is 10.5 Å². The summed E-state index contributed by atoms with van der Waals surface area (Å²) < 4.78 is 31.6. The topological polar surface area (TPSA) is 91.4 Å². The van der Waals surface area contributed by atoms with Crippen LogP contribution in [0.4, 0.5) is 5.82 Å². The lowest BCUT2D eigenvalue weighted by molar-refractivity contribution is 0.0740. The second kappa shape index (κ2) is 6.14. The molecule has 6 nitrogen and oxygen atoms in total. The highest BCUT2D eigenvalue weighted by molar-refractivity contribution is 7.90. The lowest BCUT2D eigenvalue weighted by Gasteiger charge is -2.09. The second-order valence-corrected chi connectivity index (χ2v) is 7.76. The molecular weight excluding hydrogens is 348 g/mol. The van der Waals surface area contributed by atoms with Gasteiger partial charge >= 0.3 is 5.97 Å². The van der Waals surface area contributed by atoms with E-state index >= 15 is 0 Å². The van der Waals surface area contributed by atoms with Gasteiger partial charge in [-0.3, -0.25) is 0 Å². The van der Waals surface area contributed by atoms with Crippen molar-refractivity contribution in [2.24, 2.45) is 0 Å². The summed E-state index contributed by atoms with van der Waals surface area (Å²) in [5, 5.41) is 1.75. The number of hydrogen-bond acceptors (Lipinski definition) is 6. The molecule has 2 heterocycles. The number of thiophene rings is 1. The Kier molecular flexibility index (Phi) is 4.16. The van der Waals surface area contributed by atoms with Gasteiger partial charge in [-0.15, -0.1) is 11.3 Å². The number of esters is 1. The molecule has 8 heteroatoms. The van der Waals surface area contributed by atoms with Crippen LogP contribution < -0.4 is 10.5 Å². The van der Waals surface area contributed by atoms with Crippen molar-refractivity contribution in [2.45, 2.75) is 11.8 Å². The number of nitrogens with zero attached hydrogens (tertiary/aromatic N) is 1. The summed E-state index contributed by atoms with van der Waals surface area (Å²) in [6, 6.07) is 11.2. The second-order valence-electron chi connectivity index (χ2n) is 5.03. The van der Waals surface area contributed by atoms with Crippen LogP contribution in [-0.2, 0) is 10.0 Å². The van der Waals surface area contributed by atoms with E-state index in [9.17, 15) is 13.2 Å². The van der Waals surface area contributed by atoms with Gasteiger partial charge in [0.25, 0.3) is 10.0 Å². The number of anilines is 1. The van der Waals surface area contributed by atoms with Crippen LogP contribution in [0.2, 0.25) is 0 Å². The molecule has 3 aromatic rings. The first-order valence-corrected chi connectivity index (χ1v) is 9.26. The third-order valence-corrected chi connectivity index (χ3v) is 6.05. The van der Waals surface area contributed by atoms with Gasteiger partial charge in [0.1, 0.15) is 10.7 Å². The summed E-state index contributed by atoms with van der Waals surface area (Å²) in [6.07, 6.45) is 1.20. The maximum atomic E-state index is 12.7. The minimum atomic E-state index is -3.87. The molecule has 0 fully saturated rings. The molecule has 1 aromatic carbocycles. The molecule has 24 heavy (non-hydrogen) atoms. The summed E-state index contributed by atoms with van der Waals surface area (Å²) in [4.78, 5) is 12.5. The maximum Gasteiger partial charge on any atom is 0.353 e. The number of aryl methyl sites for hydroxylation is 1. The van der Waals surface area contributed by atoms with E-state index in [1.54, 1.807) is 42.6 Å². The molecule has 2 N–H and O–H groups in total. The fraction of sp³-hybridized carbons (Fsp3) is 0.0625. The number of nitrogens with two attached hydrogens (primary N) is 1. The van der Waals surface area contributed by atoms with Crippen LogP contribution in [0.1, 0.15) is 15.2 Å². The standard InChI is InChI=1S/C16H14N2O4S2/c1-11-5-2-3-7-14(11)24(20,21)18-10-12(9-15(18)17)22-16(19)13-6-4-8-23-13/h2-10H,17H2,1H3. The van der Waals surface area contributed by atoms with E-state index in [0.29, 0.717) is 10.4 Å². The number of hydrogen-bond donors (Lipinski definition) is 1. The molecule has 0 aliphatic carbocycles. The van der Waals surface area contributed by atoms with Gasteiger partial charge in [-0.25, -0.2) is 17.2 Å². The minimum absolute atomic E-state index is 0.0350. The smallest absolute Gasteiger partial charge is 0.353 e. The van der Waals surface area contributed by atoms with Gasteiger partial charge in [-0.2, -0.15) is 0 Å². The van der Waals surface area contributed by atoms with Gasteiger partial charge in [0.2, 0.25) is 0 Å². The monoisotopic (exact) mass is 362 g/mol. The van der Waals surface area contributed by atoms with E-state index in [1.807, 2.05) is 0 Å². The summed E-state index contributed by atoms with van der Waals surface area (Å²) in [5.74, 6) is -0.522. The molecule has 2 aromatic heterocycles. The van der Waals surface area contributed by atoms with E-state index in [0.717, 1.165) is 3.97 Å². The first kappa shape index (κ1) is 16.3. The number of benzene rings is 1. The van der Waals surface area contributed by atoms with Crippen LogP contribution in [0.25, 0.3) is 0 Å². The predicted octanol–water partition coefficient (Wildman–Crippen LogP) is 2.90. The van der Waals surface area contributed by atoms with Crippen LogP contribution in [0, 0.1) is 6.92 Å². The first-order valence-electron chi connectivity index (χ1n) is 6.94. The van der Waals surface area contributed by atoms with Gasteiger partial charge in [0.15, 0.2) is 5.75 Å². The Bertz CT molecular complexity index is 989. The van der Waals surface area contributed by atoms with Crippen LogP contribution >= 0.6 is 11.3 Å². The predicted molar refractivity (Wildman–Crippen MR) is 91.9 cm³/mol. The Labute approximate surface area is 143 Å². The largest absolute Gasteiger partial charge is 0.421 e. The van der Waals surface area contributed by atoms with Gasteiger partial charge in [0, 0.05) is 6.07 Å². The molecule has 0 aliphatic rings. The highest BCUT2D eigenvalue weighted by atomic mass is 32.2. The minimum Gasteiger partial charge on any atom is -0.421 e. The number of carbonyl (C=O) groups is 1. The highest BCUT2D eigenvalue weighted by Crippen LogP contribution is 2.26. The van der Waals surface area contributed by atoms with Crippen LogP contribution in [0.15, 0.2) is 58.9 Å². The average Bonchev–Trinajstić information content (AvgIpc) is 3.17. The molecule has 0 saturated carbocycles. The summed E-state index contributed by atoms with van der Waals surface area (Å²) in [7, 11) is -3.87. The van der Waals surface area contributed by atoms with E-state index in [1.165, 1.54) is 29.7 Å². The number of carbonyl (C=O) groups excluding carboxylic acids is 1. The van der Waals surface area contributed by atoms with Crippen molar-refractivity contribution >= 4 is 33.1 Å². The lowest BCUT2D eigenvalue weighted by atomic mass is 10.2. The third kappa shape index (κ3) is 2.93. The van der Waals surface area contributed by atoms with Gasteiger partial charge in [0.05, 0.1) is 11.1 Å². The highest BCUT2D eigenvalue weighted by Gasteiger charge is 2.23. The zero-order valence-corrected chi connectivity index (χ0v) is 14.3. The Morgan fingerprint density at radius 3 is 2.62 bits per heavy atom. The quantitative estimate of drug-likeness (QED) is 0.721. The zero-order chi connectivity index (χ0) is 17.3. The molecule has 3 rings (SSSR count). The normalized spacial score (nSPS) is 11.4. The summed E-state index contributed by atoms with van der Waals surface area (Å²) >= 11 is 1.23. The number of aromatic nitrogens is 1. The fourth-order valence-electron chi connectivity index (χ4n) is 2.20. The lowest BCUT2D eigenvalue weighted by Crippen LogP contribution is -2.15. The van der Waals surface area contributed by atoms with Gasteiger partial charge in [-0.05, 0) is 30.0 Å². The molecular formula is C16H14N2O4S2. The molecule has 0 aliphatic heterocycles. The molecule has 0 unspecified atom stereocenters. The maximum absolute atomic E-state index is 12.7. The van der Waals surface area contributed by atoms with Crippen LogP contribution in [0.3, 0.4) is 0 Å². The number of nitrogen functional groups attached to an aromatic ring is 1. The third-order valence-electron chi connectivity index (χ3n) is 3.35. The van der Waals surface area contributed by atoms with Crippen LogP contribution in [-0.4, -0.2) is 18.4 Å². The Hall–Kier alpha value is -2.58. The SMILES string of the molecule is Cc1ccccc1S(=O)(=O)n1cc(OC(=O)c2cccs2)cc1N. The van der Waals surface area contributed by atoms with Crippen molar-refractivity contribution in [3.8, 4) is 5.75 Å². The van der Waals surface area contributed by atoms with Gasteiger partial charge in [-0.1, -0.05) is 24.3 Å². The molecule has 0 atom stereocenters. The first-order chi connectivity index (χ1) is 11.4. The molecule has 0 radical (unpaired) electrons. The molecule has 0 spiro atoms. The van der Waals surface area contributed by atoms with Gasteiger partial charge < -0.3 is 10.5 Å². The van der Waals surface area contributed by atoms with Crippen molar-refractivity contribution in [3.63, 3.8) is 0 Å². The van der Waals surface area contributed by atoms with Crippen molar-refractivity contribution in [1.82, 2.24) is 3.97 Å². The van der Waals surface area contributed by atoms with E-state index in [2.05, 4.69) is 0 Å². The van der Waals surface area contributed by atoms with Crippen molar-refractivity contribution in [1.29, 1.82) is 0 Å². The van der Waals surface area contributed by atoms with E-state index < -0.39 is 16.0 Å². The molecule has 124 valence electrons. The number of ether oxygens (including phenoxy) is 1. The molecule has 0 bridgehead atoms. The van der Waals surface area contributed by atoms with Crippen LogP contribution in [0.5, 0.6) is 5.75 Å². The van der Waals surface area contributed by atoms with Crippen molar-refractivity contribution < 1.29 is 17.9 Å². The Balaban J connectivity index is 1.95. The van der Waals surface area contributed by atoms with E-state index in [-0.39, 0.29) is 16.5 Å². The molecule has 0 saturated heterocycles.